The lowest BCUT2D eigenvalue weighted by molar-refractivity contribution is 0.402. The maximum absolute atomic E-state index is 9.94. The lowest BCUT2D eigenvalue weighted by Gasteiger charge is -2.11. The van der Waals surface area contributed by atoms with Crippen LogP contribution in [0.2, 0.25) is 0 Å². The number of hydrogen-bond donors (Lipinski definition) is 1. The van der Waals surface area contributed by atoms with Gasteiger partial charge in [0.15, 0.2) is 0 Å². The summed E-state index contributed by atoms with van der Waals surface area (Å²) in [5.41, 5.74) is 1.87. The minimum absolute atomic E-state index is 0.290. The van der Waals surface area contributed by atoms with Crippen LogP contribution in [0.1, 0.15) is 11.3 Å². The molecule has 3 nitrogen and oxygen atoms in total. The second-order valence-corrected chi connectivity index (χ2v) is 4.35. The highest BCUT2D eigenvalue weighted by atomic mass is 16.3. The Bertz CT molecular complexity index is 521. The summed E-state index contributed by atoms with van der Waals surface area (Å²) in [4.78, 5) is 6.24. The second-order valence-electron chi connectivity index (χ2n) is 4.35. The van der Waals surface area contributed by atoms with Crippen LogP contribution in [-0.4, -0.2) is 29.1 Å². The van der Waals surface area contributed by atoms with Crippen molar-refractivity contribution in [2.75, 3.05) is 14.1 Å². The quantitative estimate of drug-likeness (QED) is 0.836. The maximum Gasteiger partial charge on any atom is 0.144 e. The van der Waals surface area contributed by atoms with E-state index < -0.39 is 0 Å². The lowest BCUT2D eigenvalue weighted by Crippen LogP contribution is -2.10. The molecule has 1 N–H and O–H groups in total. The van der Waals surface area contributed by atoms with Crippen LogP contribution >= 0.6 is 0 Å². The van der Waals surface area contributed by atoms with Crippen molar-refractivity contribution in [3.8, 4) is 5.75 Å². The van der Waals surface area contributed by atoms with Gasteiger partial charge in [0.2, 0.25) is 0 Å². The molecule has 16 heavy (non-hydrogen) atoms. The molecule has 0 fully saturated rings. The third kappa shape index (κ3) is 1.99. The topological polar surface area (TPSA) is 36.4 Å². The van der Waals surface area contributed by atoms with Gasteiger partial charge in [-0.3, -0.25) is 4.98 Å². The second kappa shape index (κ2) is 4.10. The molecule has 1 aromatic heterocycles. The van der Waals surface area contributed by atoms with Crippen LogP contribution in [0.25, 0.3) is 10.8 Å². The van der Waals surface area contributed by atoms with E-state index in [1.54, 1.807) is 6.20 Å². The monoisotopic (exact) mass is 216 g/mol. The Kier molecular flexibility index (Phi) is 2.79. The van der Waals surface area contributed by atoms with Gasteiger partial charge < -0.3 is 10.0 Å². The van der Waals surface area contributed by atoms with Gasteiger partial charge in [-0.1, -0.05) is 12.1 Å². The van der Waals surface area contributed by atoms with Gasteiger partial charge >= 0.3 is 0 Å². The van der Waals surface area contributed by atoms with Crippen molar-refractivity contribution in [2.24, 2.45) is 0 Å². The molecule has 0 radical (unpaired) electrons. The van der Waals surface area contributed by atoms with E-state index in [0.717, 1.165) is 17.3 Å². The van der Waals surface area contributed by atoms with Crippen molar-refractivity contribution in [2.45, 2.75) is 13.5 Å². The summed E-state index contributed by atoms with van der Waals surface area (Å²) in [6.07, 6.45) is 1.80. The van der Waals surface area contributed by atoms with Gasteiger partial charge in [-0.15, -0.1) is 0 Å². The van der Waals surface area contributed by atoms with Gasteiger partial charge in [-0.05, 0) is 32.6 Å². The van der Waals surface area contributed by atoms with Crippen molar-refractivity contribution >= 4 is 10.8 Å². The van der Waals surface area contributed by atoms with Gasteiger partial charge in [-0.25, -0.2) is 0 Å². The van der Waals surface area contributed by atoms with Gasteiger partial charge in [-0.2, -0.15) is 0 Å². The first-order valence-electron chi connectivity index (χ1n) is 5.30. The number of aromatic hydroxyl groups is 1. The van der Waals surface area contributed by atoms with E-state index >= 15 is 0 Å². The summed E-state index contributed by atoms with van der Waals surface area (Å²) >= 11 is 0. The summed E-state index contributed by atoms with van der Waals surface area (Å²) in [5.74, 6) is 0.290. The number of benzene rings is 1. The van der Waals surface area contributed by atoms with Crippen LogP contribution in [0.15, 0.2) is 24.4 Å². The summed E-state index contributed by atoms with van der Waals surface area (Å²) in [5, 5.41) is 11.8. The molecular weight excluding hydrogens is 200 g/mol. The molecule has 84 valence electrons. The molecule has 0 aliphatic rings. The summed E-state index contributed by atoms with van der Waals surface area (Å²) in [7, 11) is 4.06. The van der Waals surface area contributed by atoms with E-state index in [1.165, 1.54) is 5.56 Å². The zero-order valence-corrected chi connectivity index (χ0v) is 9.86. The number of hydrogen-bond acceptors (Lipinski definition) is 3. The Morgan fingerprint density at radius 3 is 2.75 bits per heavy atom. The molecule has 0 atom stereocenters. The third-order valence-electron chi connectivity index (χ3n) is 2.61. The molecule has 0 amide bonds. The van der Waals surface area contributed by atoms with Crippen molar-refractivity contribution in [3.63, 3.8) is 0 Å². The molecule has 1 heterocycles. The predicted octanol–water partition coefficient (Wildman–Crippen LogP) is 2.31. The first-order valence-corrected chi connectivity index (χ1v) is 5.30. The first kappa shape index (κ1) is 10.9. The van der Waals surface area contributed by atoms with Crippen molar-refractivity contribution in [1.29, 1.82) is 0 Å². The highest BCUT2D eigenvalue weighted by Crippen LogP contribution is 2.27. The van der Waals surface area contributed by atoms with Crippen LogP contribution in [0.5, 0.6) is 5.75 Å². The SMILES string of the molecule is Cc1ncc2ccc(CN(C)C)cc2c1O. The van der Waals surface area contributed by atoms with Crippen molar-refractivity contribution in [3.05, 3.63) is 35.7 Å². The molecule has 0 saturated carbocycles. The maximum atomic E-state index is 9.94. The van der Waals surface area contributed by atoms with Crippen LogP contribution in [0.3, 0.4) is 0 Å². The summed E-state index contributed by atoms with van der Waals surface area (Å²) in [6, 6.07) is 6.10. The van der Waals surface area contributed by atoms with Crippen molar-refractivity contribution < 1.29 is 5.11 Å². The molecule has 0 spiro atoms. The van der Waals surface area contributed by atoms with Crippen LogP contribution in [0.4, 0.5) is 0 Å². The molecule has 3 heteroatoms. The van der Waals surface area contributed by atoms with E-state index in [0.29, 0.717) is 5.69 Å². The Morgan fingerprint density at radius 2 is 2.06 bits per heavy atom. The van der Waals surface area contributed by atoms with E-state index in [-0.39, 0.29) is 5.75 Å². The van der Waals surface area contributed by atoms with Gasteiger partial charge in [0.1, 0.15) is 5.75 Å². The zero-order chi connectivity index (χ0) is 11.7. The Labute approximate surface area is 95.3 Å². The standard InChI is InChI=1S/C13H16N2O/c1-9-13(16)12-6-10(8-15(2)3)4-5-11(12)7-14-9/h4-7,16H,8H2,1-3H3. The fraction of sp³-hybridized carbons (Fsp3) is 0.308. The van der Waals surface area contributed by atoms with Crippen molar-refractivity contribution in [1.82, 2.24) is 9.88 Å². The first-order chi connectivity index (χ1) is 7.58. The van der Waals surface area contributed by atoms with Gasteiger partial charge in [0.05, 0.1) is 5.69 Å². The van der Waals surface area contributed by atoms with Crippen LogP contribution in [-0.2, 0) is 6.54 Å². The summed E-state index contributed by atoms with van der Waals surface area (Å²) < 4.78 is 0. The number of aryl methyl sites for hydroxylation is 1. The minimum Gasteiger partial charge on any atom is -0.505 e. The average Bonchev–Trinajstić information content (AvgIpc) is 2.23. The highest BCUT2D eigenvalue weighted by Gasteiger charge is 2.05. The fourth-order valence-electron chi connectivity index (χ4n) is 1.81. The van der Waals surface area contributed by atoms with Crippen LogP contribution in [0, 0.1) is 6.92 Å². The van der Waals surface area contributed by atoms with Gasteiger partial charge in [0, 0.05) is 23.5 Å². The number of fused-ring (bicyclic) bond motifs is 1. The number of nitrogens with zero attached hydrogens (tertiary/aromatic N) is 2. The summed E-state index contributed by atoms with van der Waals surface area (Å²) in [6.45, 7) is 2.68. The average molecular weight is 216 g/mol. The highest BCUT2D eigenvalue weighted by molar-refractivity contribution is 5.88. The van der Waals surface area contributed by atoms with Gasteiger partial charge in [0.25, 0.3) is 0 Å². The largest absolute Gasteiger partial charge is 0.505 e. The molecule has 2 aromatic rings. The lowest BCUT2D eigenvalue weighted by atomic mass is 10.1. The van der Waals surface area contributed by atoms with Crippen LogP contribution < -0.4 is 0 Å². The fourth-order valence-corrected chi connectivity index (χ4v) is 1.81. The third-order valence-corrected chi connectivity index (χ3v) is 2.61. The molecule has 1 aromatic carbocycles. The molecular formula is C13H16N2O. The number of rotatable bonds is 2. The van der Waals surface area contributed by atoms with E-state index in [4.69, 9.17) is 0 Å². The molecule has 0 aliphatic carbocycles. The smallest absolute Gasteiger partial charge is 0.144 e. The molecule has 0 aliphatic heterocycles. The van der Waals surface area contributed by atoms with E-state index in [2.05, 4.69) is 16.0 Å². The molecule has 0 unspecified atom stereocenters. The minimum atomic E-state index is 0.290. The van der Waals surface area contributed by atoms with E-state index in [9.17, 15) is 5.11 Å². The molecule has 2 rings (SSSR count). The molecule has 0 saturated heterocycles. The molecule has 0 bridgehead atoms. The number of pyridine rings is 1. The number of aromatic nitrogens is 1. The Morgan fingerprint density at radius 1 is 1.31 bits per heavy atom. The van der Waals surface area contributed by atoms with E-state index in [1.807, 2.05) is 33.2 Å². The predicted molar refractivity (Wildman–Crippen MR) is 65.5 cm³/mol. The Balaban J connectivity index is 2.55. The zero-order valence-electron chi connectivity index (χ0n) is 9.86. The Hall–Kier alpha value is -1.61. The normalized spacial score (nSPS) is 11.2.